The van der Waals surface area contributed by atoms with Gasteiger partial charge in [-0.05, 0) is 28.1 Å². The van der Waals surface area contributed by atoms with Crippen molar-refractivity contribution in [3.05, 3.63) is 34.9 Å². The molecule has 3 heteroatoms. The minimum atomic E-state index is -0.374. The van der Waals surface area contributed by atoms with E-state index in [1.165, 1.54) is 0 Å². The molecule has 0 aliphatic carbocycles. The van der Waals surface area contributed by atoms with Crippen molar-refractivity contribution in [3.8, 4) is 0 Å². The fourth-order valence-electron chi connectivity index (χ4n) is 1.68. The Kier molecular flexibility index (Phi) is 2.66. The number of benzene rings is 1. The summed E-state index contributed by atoms with van der Waals surface area (Å²) in [6, 6.07) is 7.89. The molecule has 0 saturated heterocycles. The Bertz CT molecular complexity index is 549. The lowest BCUT2D eigenvalue weighted by atomic mass is 9.95. The summed E-state index contributed by atoms with van der Waals surface area (Å²) in [4.78, 5) is 12.2. The van der Waals surface area contributed by atoms with Gasteiger partial charge >= 0.3 is 0 Å². The topological polar surface area (TPSA) is 22.0 Å². The van der Waals surface area contributed by atoms with Crippen molar-refractivity contribution in [2.75, 3.05) is 0 Å². The number of carbonyl (C=O) groups is 1. The first kappa shape index (κ1) is 11.4. The molecule has 0 spiro atoms. The SMILES string of the molecule is CC(C)(C)C(=O)n1ccc2cccc(Br)c21. The van der Waals surface area contributed by atoms with Gasteiger partial charge in [0.2, 0.25) is 5.91 Å². The molecule has 0 saturated carbocycles. The van der Waals surface area contributed by atoms with Gasteiger partial charge in [-0.1, -0.05) is 32.9 Å². The second-order valence-electron chi connectivity index (χ2n) is 4.92. The van der Waals surface area contributed by atoms with E-state index in [1.54, 1.807) is 4.57 Å². The Hall–Kier alpha value is -1.09. The standard InChI is InChI=1S/C13H14BrNO/c1-13(2,3)12(16)15-8-7-9-5-4-6-10(14)11(9)15/h4-8H,1-3H3. The van der Waals surface area contributed by atoms with Crippen LogP contribution < -0.4 is 0 Å². The van der Waals surface area contributed by atoms with E-state index < -0.39 is 0 Å². The third-order valence-electron chi connectivity index (χ3n) is 2.52. The summed E-state index contributed by atoms with van der Waals surface area (Å²) in [7, 11) is 0. The number of para-hydroxylation sites is 1. The minimum Gasteiger partial charge on any atom is -0.286 e. The molecular weight excluding hydrogens is 266 g/mol. The van der Waals surface area contributed by atoms with E-state index >= 15 is 0 Å². The van der Waals surface area contributed by atoms with E-state index in [0.29, 0.717) is 0 Å². The van der Waals surface area contributed by atoms with Crippen LogP contribution in [0.5, 0.6) is 0 Å². The summed E-state index contributed by atoms with van der Waals surface area (Å²) in [5, 5.41) is 1.08. The predicted molar refractivity (Wildman–Crippen MR) is 69.7 cm³/mol. The van der Waals surface area contributed by atoms with E-state index in [4.69, 9.17) is 0 Å². The van der Waals surface area contributed by atoms with E-state index in [9.17, 15) is 4.79 Å². The van der Waals surface area contributed by atoms with Crippen LogP contribution in [0, 0.1) is 5.41 Å². The van der Waals surface area contributed by atoms with Gasteiger partial charge < -0.3 is 0 Å². The Balaban J connectivity index is 2.67. The minimum absolute atomic E-state index is 0.106. The van der Waals surface area contributed by atoms with Crippen LogP contribution in [0.15, 0.2) is 34.9 Å². The van der Waals surface area contributed by atoms with Gasteiger partial charge in [-0.15, -0.1) is 0 Å². The van der Waals surface area contributed by atoms with E-state index in [2.05, 4.69) is 15.9 Å². The van der Waals surface area contributed by atoms with E-state index in [1.807, 2.05) is 51.2 Å². The van der Waals surface area contributed by atoms with Crippen molar-refractivity contribution in [1.29, 1.82) is 0 Å². The average Bonchev–Trinajstić information content (AvgIpc) is 2.60. The van der Waals surface area contributed by atoms with E-state index in [-0.39, 0.29) is 11.3 Å². The maximum atomic E-state index is 12.2. The number of rotatable bonds is 0. The molecule has 16 heavy (non-hydrogen) atoms. The Labute approximate surface area is 103 Å². The molecule has 0 N–H and O–H groups in total. The summed E-state index contributed by atoms with van der Waals surface area (Å²) < 4.78 is 2.67. The van der Waals surface area contributed by atoms with Crippen LogP contribution in [0.1, 0.15) is 25.6 Å². The zero-order chi connectivity index (χ0) is 11.9. The smallest absolute Gasteiger partial charge is 0.236 e. The molecule has 0 aliphatic heterocycles. The molecule has 0 bridgehead atoms. The van der Waals surface area contributed by atoms with Crippen LogP contribution in [0.4, 0.5) is 0 Å². The predicted octanol–water partition coefficient (Wildman–Crippen LogP) is 4.09. The fraction of sp³-hybridized carbons (Fsp3) is 0.308. The van der Waals surface area contributed by atoms with Gasteiger partial charge in [0.1, 0.15) is 0 Å². The van der Waals surface area contributed by atoms with Gasteiger partial charge in [0, 0.05) is 21.5 Å². The first-order chi connectivity index (χ1) is 7.41. The number of fused-ring (bicyclic) bond motifs is 1. The second kappa shape index (κ2) is 3.74. The van der Waals surface area contributed by atoms with Gasteiger partial charge in [-0.2, -0.15) is 0 Å². The third-order valence-corrected chi connectivity index (χ3v) is 3.16. The lowest BCUT2D eigenvalue weighted by molar-refractivity contribution is 0.0772. The number of carbonyl (C=O) groups excluding carboxylic acids is 1. The highest BCUT2D eigenvalue weighted by molar-refractivity contribution is 9.10. The van der Waals surface area contributed by atoms with Gasteiger partial charge in [-0.25, -0.2) is 0 Å². The molecule has 0 fully saturated rings. The highest BCUT2D eigenvalue weighted by atomic mass is 79.9. The van der Waals surface area contributed by atoms with Crippen molar-refractivity contribution in [3.63, 3.8) is 0 Å². The number of hydrogen-bond acceptors (Lipinski definition) is 1. The molecule has 2 nitrogen and oxygen atoms in total. The summed E-state index contributed by atoms with van der Waals surface area (Å²) in [6.07, 6.45) is 1.84. The van der Waals surface area contributed by atoms with Gasteiger partial charge in [0.25, 0.3) is 0 Å². The lowest BCUT2D eigenvalue weighted by Gasteiger charge is -2.18. The van der Waals surface area contributed by atoms with Crippen molar-refractivity contribution in [1.82, 2.24) is 4.57 Å². The summed E-state index contributed by atoms with van der Waals surface area (Å²) in [5.41, 5.74) is 0.573. The summed E-state index contributed by atoms with van der Waals surface area (Å²) in [6.45, 7) is 5.79. The van der Waals surface area contributed by atoms with Crippen LogP contribution in [0.3, 0.4) is 0 Å². The van der Waals surface area contributed by atoms with Gasteiger partial charge in [0.05, 0.1) is 5.52 Å². The lowest BCUT2D eigenvalue weighted by Crippen LogP contribution is -2.26. The van der Waals surface area contributed by atoms with E-state index in [0.717, 1.165) is 15.4 Å². The zero-order valence-electron chi connectivity index (χ0n) is 9.62. The first-order valence-electron chi connectivity index (χ1n) is 5.21. The molecule has 0 aliphatic rings. The molecule has 1 aromatic heterocycles. The number of nitrogens with zero attached hydrogens (tertiary/aromatic N) is 1. The molecule has 84 valence electrons. The molecule has 1 heterocycles. The highest BCUT2D eigenvalue weighted by Crippen LogP contribution is 2.27. The molecule has 0 radical (unpaired) electrons. The van der Waals surface area contributed by atoms with Gasteiger partial charge in [-0.3, -0.25) is 9.36 Å². The first-order valence-corrected chi connectivity index (χ1v) is 6.01. The maximum Gasteiger partial charge on any atom is 0.236 e. The van der Waals surface area contributed by atoms with Crippen LogP contribution in [0.25, 0.3) is 10.9 Å². The number of halogens is 1. The van der Waals surface area contributed by atoms with Crippen LogP contribution in [0.2, 0.25) is 0 Å². The van der Waals surface area contributed by atoms with Crippen LogP contribution >= 0.6 is 15.9 Å². The largest absolute Gasteiger partial charge is 0.286 e. The van der Waals surface area contributed by atoms with Crippen LogP contribution in [-0.2, 0) is 0 Å². The molecule has 2 aromatic rings. The Morgan fingerprint density at radius 3 is 2.56 bits per heavy atom. The van der Waals surface area contributed by atoms with Crippen molar-refractivity contribution in [2.45, 2.75) is 20.8 Å². The third kappa shape index (κ3) is 1.80. The van der Waals surface area contributed by atoms with Crippen molar-refractivity contribution in [2.24, 2.45) is 5.41 Å². The molecule has 0 unspecified atom stereocenters. The quantitative estimate of drug-likeness (QED) is 0.712. The van der Waals surface area contributed by atoms with Crippen LogP contribution in [-0.4, -0.2) is 10.5 Å². The Morgan fingerprint density at radius 1 is 1.25 bits per heavy atom. The monoisotopic (exact) mass is 279 g/mol. The highest BCUT2D eigenvalue weighted by Gasteiger charge is 2.24. The fourth-order valence-corrected chi connectivity index (χ4v) is 2.25. The molecule has 0 atom stereocenters. The molecule has 1 aromatic carbocycles. The molecule has 2 rings (SSSR count). The molecule has 0 amide bonds. The Morgan fingerprint density at radius 2 is 1.94 bits per heavy atom. The summed E-state index contributed by atoms with van der Waals surface area (Å²) in [5.74, 6) is 0.106. The number of hydrogen-bond donors (Lipinski definition) is 0. The average molecular weight is 280 g/mol. The van der Waals surface area contributed by atoms with Crippen molar-refractivity contribution >= 4 is 32.7 Å². The number of aromatic nitrogens is 1. The van der Waals surface area contributed by atoms with Gasteiger partial charge in [0.15, 0.2) is 0 Å². The summed E-state index contributed by atoms with van der Waals surface area (Å²) >= 11 is 3.49. The zero-order valence-corrected chi connectivity index (χ0v) is 11.2. The molecular formula is C13H14BrNO. The van der Waals surface area contributed by atoms with Crippen molar-refractivity contribution < 1.29 is 4.79 Å². The second-order valence-corrected chi connectivity index (χ2v) is 5.77. The normalized spacial score (nSPS) is 12.0. The maximum absolute atomic E-state index is 12.2.